The van der Waals surface area contributed by atoms with E-state index in [9.17, 15) is 4.79 Å². The van der Waals surface area contributed by atoms with Crippen molar-refractivity contribution in [3.05, 3.63) is 101 Å². The van der Waals surface area contributed by atoms with Crippen LogP contribution in [-0.4, -0.2) is 26.4 Å². The molecule has 0 aliphatic carbocycles. The third-order valence-corrected chi connectivity index (χ3v) is 5.73. The van der Waals surface area contributed by atoms with E-state index in [1.54, 1.807) is 0 Å². The Balaban J connectivity index is 1.56. The summed E-state index contributed by atoms with van der Waals surface area (Å²) in [7, 11) is 0. The lowest BCUT2D eigenvalue weighted by molar-refractivity contribution is -0.113. The first-order valence-corrected chi connectivity index (χ1v) is 11.1. The molecular weight excluding hydrogens is 404 g/mol. The van der Waals surface area contributed by atoms with E-state index in [0.717, 1.165) is 33.9 Å². The van der Waals surface area contributed by atoms with Crippen molar-refractivity contribution in [3.8, 4) is 5.69 Å². The number of nitrogens with one attached hydrogen (secondary N) is 1. The fourth-order valence-electron chi connectivity index (χ4n) is 3.36. The Morgan fingerprint density at radius 1 is 0.903 bits per heavy atom. The Bertz CT molecular complexity index is 1190. The van der Waals surface area contributed by atoms with Crippen molar-refractivity contribution in [2.24, 2.45) is 0 Å². The average molecular weight is 429 g/mol. The molecule has 3 aromatic carbocycles. The maximum atomic E-state index is 12.5. The van der Waals surface area contributed by atoms with Gasteiger partial charge in [0.15, 0.2) is 5.16 Å². The van der Waals surface area contributed by atoms with Crippen molar-refractivity contribution in [2.45, 2.75) is 25.4 Å². The van der Waals surface area contributed by atoms with Gasteiger partial charge in [0.05, 0.1) is 5.75 Å². The third-order valence-electron chi connectivity index (χ3n) is 4.80. The van der Waals surface area contributed by atoms with Gasteiger partial charge in [0, 0.05) is 17.8 Å². The van der Waals surface area contributed by atoms with Crippen molar-refractivity contribution in [1.29, 1.82) is 0 Å². The minimum atomic E-state index is -0.0704. The Kier molecular flexibility index (Phi) is 6.48. The van der Waals surface area contributed by atoms with Crippen LogP contribution in [0.3, 0.4) is 0 Å². The number of aromatic nitrogens is 3. The molecule has 0 spiro atoms. The summed E-state index contributed by atoms with van der Waals surface area (Å²) < 4.78 is 2.05. The topological polar surface area (TPSA) is 59.8 Å². The number of thioether (sulfide) groups is 1. The first kappa shape index (κ1) is 20.9. The van der Waals surface area contributed by atoms with Gasteiger partial charge in [-0.05, 0) is 54.8 Å². The third kappa shape index (κ3) is 5.41. The second kappa shape index (κ2) is 9.62. The van der Waals surface area contributed by atoms with Crippen LogP contribution in [0.5, 0.6) is 0 Å². The molecule has 6 heteroatoms. The van der Waals surface area contributed by atoms with Crippen LogP contribution in [0, 0.1) is 13.8 Å². The summed E-state index contributed by atoms with van der Waals surface area (Å²) >= 11 is 1.39. The maximum absolute atomic E-state index is 12.5. The molecule has 156 valence electrons. The van der Waals surface area contributed by atoms with Crippen LogP contribution in [0.1, 0.15) is 22.5 Å². The molecule has 31 heavy (non-hydrogen) atoms. The summed E-state index contributed by atoms with van der Waals surface area (Å²) in [5, 5.41) is 12.5. The van der Waals surface area contributed by atoms with E-state index in [-0.39, 0.29) is 11.7 Å². The van der Waals surface area contributed by atoms with E-state index in [1.165, 1.54) is 11.8 Å². The molecule has 0 fully saturated rings. The second-order valence-electron chi connectivity index (χ2n) is 7.44. The van der Waals surface area contributed by atoms with Gasteiger partial charge in [-0.15, -0.1) is 10.2 Å². The van der Waals surface area contributed by atoms with Gasteiger partial charge in [-0.25, -0.2) is 0 Å². The number of carbonyl (C=O) groups is 1. The van der Waals surface area contributed by atoms with Gasteiger partial charge in [0.1, 0.15) is 5.82 Å². The summed E-state index contributed by atoms with van der Waals surface area (Å²) in [6, 6.07) is 26.2. The number of carbonyl (C=O) groups excluding carboxylic acids is 1. The molecule has 5 nitrogen and oxygen atoms in total. The molecule has 1 N–H and O–H groups in total. The predicted molar refractivity (Wildman–Crippen MR) is 126 cm³/mol. The molecule has 0 radical (unpaired) electrons. The number of rotatable bonds is 7. The van der Waals surface area contributed by atoms with Gasteiger partial charge in [-0.2, -0.15) is 0 Å². The Labute approximate surface area is 186 Å². The zero-order chi connectivity index (χ0) is 21.6. The quantitative estimate of drug-likeness (QED) is 0.411. The number of aryl methyl sites for hydroxylation is 2. The van der Waals surface area contributed by atoms with E-state index >= 15 is 0 Å². The van der Waals surface area contributed by atoms with Crippen molar-refractivity contribution in [1.82, 2.24) is 14.8 Å². The molecular formula is C25H24N4OS. The van der Waals surface area contributed by atoms with Crippen LogP contribution < -0.4 is 5.32 Å². The molecule has 0 atom stereocenters. The van der Waals surface area contributed by atoms with Gasteiger partial charge < -0.3 is 5.32 Å². The Hall–Kier alpha value is -3.38. The number of hydrogen-bond donors (Lipinski definition) is 1. The van der Waals surface area contributed by atoms with Crippen LogP contribution in [0.4, 0.5) is 5.69 Å². The first-order valence-electron chi connectivity index (χ1n) is 10.1. The van der Waals surface area contributed by atoms with Crippen LogP contribution in [0.2, 0.25) is 0 Å². The molecule has 0 saturated heterocycles. The van der Waals surface area contributed by atoms with E-state index < -0.39 is 0 Å². The highest BCUT2D eigenvalue weighted by Gasteiger charge is 2.16. The van der Waals surface area contributed by atoms with E-state index in [0.29, 0.717) is 11.6 Å². The summed E-state index contributed by atoms with van der Waals surface area (Å²) in [6.45, 7) is 4.07. The molecule has 1 heterocycles. The highest BCUT2D eigenvalue weighted by molar-refractivity contribution is 7.99. The largest absolute Gasteiger partial charge is 0.325 e. The highest BCUT2D eigenvalue weighted by Crippen LogP contribution is 2.24. The number of anilines is 1. The van der Waals surface area contributed by atoms with Gasteiger partial charge >= 0.3 is 0 Å². The summed E-state index contributed by atoms with van der Waals surface area (Å²) in [5.41, 5.74) is 5.23. The Morgan fingerprint density at radius 3 is 2.39 bits per heavy atom. The molecule has 0 aliphatic rings. The fourth-order valence-corrected chi connectivity index (χ4v) is 4.13. The van der Waals surface area contributed by atoms with Crippen LogP contribution in [0.15, 0.2) is 84.0 Å². The minimum absolute atomic E-state index is 0.0704. The minimum Gasteiger partial charge on any atom is -0.325 e. The van der Waals surface area contributed by atoms with E-state index in [1.807, 2.05) is 66.1 Å². The molecule has 0 unspecified atom stereocenters. The number of nitrogens with zero attached hydrogens (tertiary/aromatic N) is 3. The predicted octanol–water partition coefficient (Wildman–Crippen LogP) is 5.21. The second-order valence-corrected chi connectivity index (χ2v) is 8.38. The lowest BCUT2D eigenvalue weighted by atomic mass is 10.1. The number of amides is 1. The lowest BCUT2D eigenvalue weighted by Gasteiger charge is -2.11. The maximum Gasteiger partial charge on any atom is 0.234 e. The van der Waals surface area contributed by atoms with Gasteiger partial charge in [0.25, 0.3) is 0 Å². The molecule has 0 saturated carbocycles. The number of hydrogen-bond acceptors (Lipinski definition) is 4. The summed E-state index contributed by atoms with van der Waals surface area (Å²) in [4.78, 5) is 12.5. The van der Waals surface area contributed by atoms with Crippen LogP contribution in [-0.2, 0) is 11.2 Å². The zero-order valence-corrected chi connectivity index (χ0v) is 18.4. The zero-order valence-electron chi connectivity index (χ0n) is 17.6. The molecule has 1 amide bonds. The van der Waals surface area contributed by atoms with Crippen molar-refractivity contribution in [2.75, 3.05) is 11.1 Å². The standard InChI is InChI=1S/C25H24N4OS/c1-18-8-6-12-21(14-18)26-24(30)17-31-25-28-27-23(16-20-10-4-3-5-11-20)29(25)22-13-7-9-19(2)15-22/h3-15H,16-17H2,1-2H3,(H,26,30). The smallest absolute Gasteiger partial charge is 0.234 e. The molecule has 1 aromatic heterocycles. The molecule has 0 aliphatic heterocycles. The van der Waals surface area contributed by atoms with Crippen LogP contribution >= 0.6 is 11.8 Å². The summed E-state index contributed by atoms with van der Waals surface area (Å²) in [6.07, 6.45) is 0.665. The van der Waals surface area contributed by atoms with Gasteiger partial charge in [-0.1, -0.05) is 66.4 Å². The summed E-state index contributed by atoms with van der Waals surface area (Å²) in [5.74, 6) is 1.03. The normalized spacial score (nSPS) is 10.8. The first-order chi connectivity index (χ1) is 15.1. The van der Waals surface area contributed by atoms with Crippen molar-refractivity contribution in [3.63, 3.8) is 0 Å². The lowest BCUT2D eigenvalue weighted by Crippen LogP contribution is -2.14. The van der Waals surface area contributed by atoms with Crippen LogP contribution in [0.25, 0.3) is 5.69 Å². The average Bonchev–Trinajstić information content (AvgIpc) is 3.15. The number of benzene rings is 3. The monoisotopic (exact) mass is 428 g/mol. The van der Waals surface area contributed by atoms with Gasteiger partial charge in [-0.3, -0.25) is 9.36 Å². The molecule has 4 rings (SSSR count). The van der Waals surface area contributed by atoms with Crippen molar-refractivity contribution < 1.29 is 4.79 Å². The highest BCUT2D eigenvalue weighted by atomic mass is 32.2. The molecule has 4 aromatic rings. The Morgan fingerprint density at radius 2 is 1.65 bits per heavy atom. The van der Waals surface area contributed by atoms with E-state index in [4.69, 9.17) is 0 Å². The van der Waals surface area contributed by atoms with E-state index in [2.05, 4.69) is 46.7 Å². The van der Waals surface area contributed by atoms with Gasteiger partial charge in [0.2, 0.25) is 5.91 Å². The van der Waals surface area contributed by atoms with Crippen molar-refractivity contribution >= 4 is 23.4 Å². The SMILES string of the molecule is Cc1cccc(NC(=O)CSc2nnc(Cc3ccccc3)n2-c2cccc(C)c2)c1. The fraction of sp³-hybridized carbons (Fsp3) is 0.160. The molecule has 0 bridgehead atoms.